The smallest absolute Gasteiger partial charge is 0.0192 e. The summed E-state index contributed by atoms with van der Waals surface area (Å²) in [7, 11) is 2.06. The first-order valence-corrected chi connectivity index (χ1v) is 4.87. The highest BCUT2D eigenvalue weighted by atomic mass is 15.2. The van der Waals surface area contributed by atoms with Crippen LogP contribution in [0.1, 0.15) is 19.8 Å². The van der Waals surface area contributed by atoms with Gasteiger partial charge in [-0.15, -0.1) is 0 Å². The summed E-state index contributed by atoms with van der Waals surface area (Å²) in [4.78, 5) is 2.50. The second-order valence-corrected chi connectivity index (χ2v) is 3.46. The van der Waals surface area contributed by atoms with Crippen LogP contribution in [0.5, 0.6) is 0 Å². The molecule has 1 atom stereocenters. The van der Waals surface area contributed by atoms with Gasteiger partial charge in [0.25, 0.3) is 0 Å². The van der Waals surface area contributed by atoms with Crippen LogP contribution < -0.4 is 5.32 Å². The second-order valence-electron chi connectivity index (χ2n) is 3.46. The number of nitrogens with one attached hydrogen (secondary N) is 1. The monoisotopic (exact) mass is 168 g/mol. The summed E-state index contributed by atoms with van der Waals surface area (Å²) in [5.41, 5.74) is 0. The van der Waals surface area contributed by atoms with E-state index in [1.54, 1.807) is 0 Å². The third kappa shape index (κ3) is 2.95. The number of rotatable bonds is 3. The number of hydrogen-bond acceptors (Lipinski definition) is 2. The van der Waals surface area contributed by atoms with Crippen LogP contribution in [0.4, 0.5) is 0 Å². The van der Waals surface area contributed by atoms with E-state index in [4.69, 9.17) is 0 Å². The predicted octanol–water partition coefficient (Wildman–Crippen LogP) is 1.25. The van der Waals surface area contributed by atoms with E-state index < -0.39 is 0 Å². The zero-order chi connectivity index (χ0) is 8.81. The molecule has 2 heteroatoms. The molecule has 1 unspecified atom stereocenters. The first-order valence-electron chi connectivity index (χ1n) is 4.87. The van der Waals surface area contributed by atoms with E-state index in [1.807, 2.05) is 0 Å². The largest absolute Gasteiger partial charge is 0.316 e. The van der Waals surface area contributed by atoms with Gasteiger partial charge >= 0.3 is 0 Å². The van der Waals surface area contributed by atoms with Gasteiger partial charge in [0, 0.05) is 19.1 Å². The van der Waals surface area contributed by atoms with Crippen LogP contribution in [0.3, 0.4) is 0 Å². The van der Waals surface area contributed by atoms with Crippen molar-refractivity contribution in [3.63, 3.8) is 0 Å². The van der Waals surface area contributed by atoms with Gasteiger partial charge in [-0.1, -0.05) is 12.2 Å². The molecular formula is C10H20N2. The van der Waals surface area contributed by atoms with Crippen molar-refractivity contribution in [2.24, 2.45) is 0 Å². The highest BCUT2D eigenvalue weighted by molar-refractivity contribution is 4.85. The third-order valence-corrected chi connectivity index (χ3v) is 2.51. The predicted molar refractivity (Wildman–Crippen MR) is 53.3 cm³/mol. The van der Waals surface area contributed by atoms with Gasteiger partial charge in [0.1, 0.15) is 0 Å². The zero-order valence-electron chi connectivity index (χ0n) is 8.21. The minimum atomic E-state index is 0.712. The van der Waals surface area contributed by atoms with Gasteiger partial charge in [-0.3, -0.25) is 4.90 Å². The van der Waals surface area contributed by atoms with Gasteiger partial charge in [0.05, 0.1) is 0 Å². The average molecular weight is 168 g/mol. The fourth-order valence-electron chi connectivity index (χ4n) is 1.71. The quantitative estimate of drug-likeness (QED) is 0.638. The summed E-state index contributed by atoms with van der Waals surface area (Å²) in [6.45, 7) is 5.68. The summed E-state index contributed by atoms with van der Waals surface area (Å²) in [5, 5.41) is 3.34. The zero-order valence-corrected chi connectivity index (χ0v) is 8.21. The lowest BCUT2D eigenvalue weighted by atomic mass is 10.1. The van der Waals surface area contributed by atoms with Crippen LogP contribution >= 0.6 is 0 Å². The molecule has 0 saturated carbocycles. The molecule has 1 N–H and O–H groups in total. The van der Waals surface area contributed by atoms with Crippen molar-refractivity contribution in [3.8, 4) is 0 Å². The molecule has 0 aromatic heterocycles. The molecule has 1 rings (SSSR count). The molecule has 0 aromatic carbocycles. The lowest BCUT2D eigenvalue weighted by Crippen LogP contribution is -2.44. The lowest BCUT2D eigenvalue weighted by molar-refractivity contribution is 0.213. The van der Waals surface area contributed by atoms with Gasteiger partial charge in [-0.05, 0) is 33.4 Å². The highest BCUT2D eigenvalue weighted by Crippen LogP contribution is 2.08. The van der Waals surface area contributed by atoms with E-state index in [0.29, 0.717) is 6.04 Å². The summed E-state index contributed by atoms with van der Waals surface area (Å²) < 4.78 is 0. The number of piperidine rings is 1. The van der Waals surface area contributed by atoms with Crippen molar-refractivity contribution < 1.29 is 0 Å². The van der Waals surface area contributed by atoms with Crippen molar-refractivity contribution in [2.75, 3.05) is 26.7 Å². The number of likely N-dealkylation sites (N-methyl/N-ethyl adjacent to an activating group) is 1. The van der Waals surface area contributed by atoms with E-state index >= 15 is 0 Å². The molecule has 1 saturated heterocycles. The Bertz CT molecular complexity index is 143. The van der Waals surface area contributed by atoms with E-state index in [-0.39, 0.29) is 0 Å². The molecule has 70 valence electrons. The normalized spacial score (nSPS) is 26.7. The molecule has 0 aliphatic carbocycles. The fourth-order valence-corrected chi connectivity index (χ4v) is 1.71. The van der Waals surface area contributed by atoms with Crippen LogP contribution in [0, 0.1) is 0 Å². The number of allylic oxidation sites excluding steroid dienone is 1. The van der Waals surface area contributed by atoms with Gasteiger partial charge in [0.2, 0.25) is 0 Å². The maximum Gasteiger partial charge on any atom is 0.0192 e. The van der Waals surface area contributed by atoms with Crippen LogP contribution in [-0.4, -0.2) is 37.6 Å². The number of likely N-dealkylation sites (tertiary alicyclic amines) is 1. The van der Waals surface area contributed by atoms with Crippen LogP contribution in [-0.2, 0) is 0 Å². The molecule has 0 radical (unpaired) electrons. The minimum Gasteiger partial charge on any atom is -0.316 e. The Morgan fingerprint density at radius 3 is 3.08 bits per heavy atom. The van der Waals surface area contributed by atoms with E-state index in [0.717, 1.165) is 6.54 Å². The van der Waals surface area contributed by atoms with Crippen molar-refractivity contribution in [1.29, 1.82) is 0 Å². The Hall–Kier alpha value is -0.340. The standard InChI is InChI=1S/C10H20N2/c1-3-4-7-12-8-5-6-10(9-12)11-2/h3-4,10-11H,5-9H2,1-2H3. The number of nitrogens with zero attached hydrogens (tertiary/aromatic N) is 1. The van der Waals surface area contributed by atoms with Gasteiger partial charge < -0.3 is 5.32 Å². The Morgan fingerprint density at radius 1 is 1.58 bits per heavy atom. The Balaban J connectivity index is 2.25. The van der Waals surface area contributed by atoms with E-state index in [2.05, 4.69) is 36.3 Å². The Labute approximate surface area is 75.6 Å². The molecule has 12 heavy (non-hydrogen) atoms. The van der Waals surface area contributed by atoms with Crippen molar-refractivity contribution in [2.45, 2.75) is 25.8 Å². The SMILES string of the molecule is CC=CCN1CCCC(NC)C1. The maximum atomic E-state index is 3.34. The molecule has 1 fully saturated rings. The van der Waals surface area contributed by atoms with Gasteiger partial charge in [0.15, 0.2) is 0 Å². The molecule has 1 aliphatic rings. The van der Waals surface area contributed by atoms with Crippen LogP contribution in [0.2, 0.25) is 0 Å². The minimum absolute atomic E-state index is 0.712. The van der Waals surface area contributed by atoms with Gasteiger partial charge in [-0.2, -0.15) is 0 Å². The molecule has 0 aromatic rings. The van der Waals surface area contributed by atoms with Crippen molar-refractivity contribution in [1.82, 2.24) is 10.2 Å². The summed E-state index contributed by atoms with van der Waals surface area (Å²) in [5.74, 6) is 0. The van der Waals surface area contributed by atoms with Crippen molar-refractivity contribution >= 4 is 0 Å². The fraction of sp³-hybridized carbons (Fsp3) is 0.800. The third-order valence-electron chi connectivity index (χ3n) is 2.51. The summed E-state index contributed by atoms with van der Waals surface area (Å²) in [6.07, 6.45) is 7.03. The first-order chi connectivity index (χ1) is 5.86. The highest BCUT2D eigenvalue weighted by Gasteiger charge is 2.16. The molecule has 0 bridgehead atoms. The van der Waals surface area contributed by atoms with Crippen LogP contribution in [0.15, 0.2) is 12.2 Å². The van der Waals surface area contributed by atoms with E-state index in [9.17, 15) is 0 Å². The van der Waals surface area contributed by atoms with Crippen molar-refractivity contribution in [3.05, 3.63) is 12.2 Å². The van der Waals surface area contributed by atoms with E-state index in [1.165, 1.54) is 25.9 Å². The summed E-state index contributed by atoms with van der Waals surface area (Å²) in [6, 6.07) is 0.712. The Kier molecular flexibility index (Phi) is 4.33. The van der Waals surface area contributed by atoms with Gasteiger partial charge in [-0.25, -0.2) is 0 Å². The Morgan fingerprint density at radius 2 is 2.42 bits per heavy atom. The molecule has 2 nitrogen and oxygen atoms in total. The molecule has 0 spiro atoms. The van der Waals surface area contributed by atoms with Crippen LogP contribution in [0.25, 0.3) is 0 Å². The summed E-state index contributed by atoms with van der Waals surface area (Å²) >= 11 is 0. The average Bonchev–Trinajstić information content (AvgIpc) is 2.15. The lowest BCUT2D eigenvalue weighted by Gasteiger charge is -2.31. The molecular weight excluding hydrogens is 148 g/mol. The molecule has 0 amide bonds. The maximum absolute atomic E-state index is 3.34. The molecule has 1 aliphatic heterocycles. The number of hydrogen-bond donors (Lipinski definition) is 1. The topological polar surface area (TPSA) is 15.3 Å². The molecule has 1 heterocycles. The first kappa shape index (κ1) is 9.75. The second kappa shape index (κ2) is 5.33.